The van der Waals surface area contributed by atoms with E-state index in [2.05, 4.69) is 0 Å². The minimum Gasteiger partial charge on any atom is -0.456 e. The van der Waals surface area contributed by atoms with Gasteiger partial charge in [0.05, 0.1) is 5.48 Å². The average Bonchev–Trinajstić information content (AvgIpc) is 3.77. The van der Waals surface area contributed by atoms with Gasteiger partial charge in [-0.3, -0.25) is 0 Å². The molecule has 3 aromatic heterocycles. The predicted octanol–water partition coefficient (Wildman–Crippen LogP) is 12.0. The Morgan fingerprint density at radius 1 is 0.400 bits per heavy atom. The molecule has 0 saturated heterocycles. The van der Waals surface area contributed by atoms with E-state index in [-0.39, 0.29) is 24.2 Å². The molecule has 10 rings (SSSR count). The molecule has 0 N–H and O–H groups in total. The lowest BCUT2D eigenvalue weighted by Crippen LogP contribution is -2.00. The number of nitrogens with zero attached hydrogens (tertiary/aromatic N) is 3. The summed E-state index contributed by atoms with van der Waals surface area (Å²) in [4.78, 5) is 14.6. The van der Waals surface area contributed by atoms with Crippen molar-refractivity contribution in [3.05, 3.63) is 164 Å². The summed E-state index contributed by atoms with van der Waals surface area (Å²) in [5.74, 6) is 1.69. The van der Waals surface area contributed by atoms with Gasteiger partial charge in [0.2, 0.25) is 0 Å². The monoisotopic (exact) mass is 645 g/mol. The maximum atomic E-state index is 9.57. The fraction of sp³-hybridized carbons (Fsp3) is 0. The van der Waals surface area contributed by atoms with Gasteiger partial charge in [0.15, 0.2) is 17.5 Å². The smallest absolute Gasteiger partial charge is 0.164 e. The molecular weight excluding hydrogens is 615 g/mol. The molecule has 0 saturated carbocycles. The number of furan rings is 2. The Hall–Kier alpha value is -6.85. The third-order valence-electron chi connectivity index (χ3n) is 9.01. The van der Waals surface area contributed by atoms with Crippen molar-refractivity contribution in [1.82, 2.24) is 15.0 Å². The molecular formula is C45H27N3O2. The molecule has 7 aromatic carbocycles. The molecule has 0 aliphatic rings. The van der Waals surface area contributed by atoms with Crippen molar-refractivity contribution in [2.45, 2.75) is 0 Å². The molecule has 234 valence electrons. The molecule has 0 spiro atoms. The fourth-order valence-corrected chi connectivity index (χ4v) is 6.61. The van der Waals surface area contributed by atoms with E-state index in [1.54, 1.807) is 0 Å². The summed E-state index contributed by atoms with van der Waals surface area (Å²) in [6, 6.07) is 44.4. The number of hydrogen-bond donors (Lipinski definition) is 0. The van der Waals surface area contributed by atoms with Crippen molar-refractivity contribution < 1.29 is 14.3 Å². The lowest BCUT2D eigenvalue weighted by atomic mass is 9.94. The summed E-state index contributed by atoms with van der Waals surface area (Å²) in [5, 5.41) is 2.81. The van der Waals surface area contributed by atoms with Gasteiger partial charge < -0.3 is 8.83 Å². The highest BCUT2D eigenvalue weighted by Gasteiger charge is 2.18. The number of rotatable bonds is 5. The Morgan fingerprint density at radius 3 is 1.68 bits per heavy atom. The van der Waals surface area contributed by atoms with Crippen molar-refractivity contribution in [1.29, 1.82) is 0 Å². The molecule has 0 fully saturated rings. The summed E-state index contributed by atoms with van der Waals surface area (Å²) in [6.07, 6.45) is 0. The maximum Gasteiger partial charge on any atom is 0.164 e. The van der Waals surface area contributed by atoms with Crippen LogP contribution in [0, 0.1) is 0 Å². The molecule has 0 aliphatic carbocycles. The number of hydrogen-bond acceptors (Lipinski definition) is 5. The van der Waals surface area contributed by atoms with Gasteiger partial charge in [-0.1, -0.05) is 121 Å². The SMILES string of the molecule is [2H]c1cc2oc3cc(-c4ccc5oc6cc(-c7nc(-c8ccccc8)nc(-c8ccccc8)n7)ccc6c5c4)c([2H])c(-c4ccccc4)c3c2c([2H])c1[2H]. The summed E-state index contributed by atoms with van der Waals surface area (Å²) >= 11 is 0. The van der Waals surface area contributed by atoms with E-state index in [0.29, 0.717) is 61.7 Å². The highest BCUT2D eigenvalue weighted by molar-refractivity contribution is 6.14. The molecule has 0 radical (unpaired) electrons. The second-order valence-corrected chi connectivity index (χ2v) is 12.1. The first-order valence-corrected chi connectivity index (χ1v) is 16.3. The average molecular weight is 646 g/mol. The number of para-hydroxylation sites is 1. The molecule has 0 unspecified atom stereocenters. The molecule has 0 amide bonds. The zero-order valence-corrected chi connectivity index (χ0v) is 26.4. The normalized spacial score (nSPS) is 12.7. The summed E-state index contributed by atoms with van der Waals surface area (Å²) in [5.41, 5.74) is 7.61. The first-order chi connectivity index (χ1) is 26.4. The van der Waals surface area contributed by atoms with Gasteiger partial charge in [-0.15, -0.1) is 0 Å². The van der Waals surface area contributed by atoms with E-state index in [1.165, 1.54) is 6.07 Å². The highest BCUT2D eigenvalue weighted by Crippen LogP contribution is 2.41. The van der Waals surface area contributed by atoms with Gasteiger partial charge >= 0.3 is 0 Å². The maximum absolute atomic E-state index is 9.57. The molecule has 0 bridgehead atoms. The Labute approximate surface area is 292 Å². The Kier molecular flexibility index (Phi) is 5.54. The first-order valence-electron chi connectivity index (χ1n) is 18.3. The van der Waals surface area contributed by atoms with Gasteiger partial charge in [-0.05, 0) is 64.7 Å². The van der Waals surface area contributed by atoms with Crippen molar-refractivity contribution in [2.75, 3.05) is 0 Å². The van der Waals surface area contributed by atoms with Crippen molar-refractivity contribution in [3.8, 4) is 56.4 Å². The van der Waals surface area contributed by atoms with E-state index in [0.717, 1.165) is 38.6 Å². The van der Waals surface area contributed by atoms with Crippen LogP contribution in [0.4, 0.5) is 0 Å². The lowest BCUT2D eigenvalue weighted by Gasteiger charge is -2.09. The highest BCUT2D eigenvalue weighted by atomic mass is 16.3. The van der Waals surface area contributed by atoms with E-state index < -0.39 is 0 Å². The number of fused-ring (bicyclic) bond motifs is 6. The predicted molar refractivity (Wildman–Crippen MR) is 202 cm³/mol. The summed E-state index contributed by atoms with van der Waals surface area (Å²) < 4.78 is 47.6. The van der Waals surface area contributed by atoms with E-state index in [1.807, 2.05) is 133 Å². The van der Waals surface area contributed by atoms with Crippen molar-refractivity contribution in [2.24, 2.45) is 0 Å². The van der Waals surface area contributed by atoms with E-state index >= 15 is 0 Å². The van der Waals surface area contributed by atoms with E-state index in [4.69, 9.17) is 27.9 Å². The minimum atomic E-state index is -0.177. The van der Waals surface area contributed by atoms with Crippen LogP contribution in [0.1, 0.15) is 5.48 Å². The van der Waals surface area contributed by atoms with Crippen LogP contribution < -0.4 is 0 Å². The fourth-order valence-electron chi connectivity index (χ4n) is 6.61. The second-order valence-electron chi connectivity index (χ2n) is 12.1. The van der Waals surface area contributed by atoms with Crippen LogP contribution in [0.2, 0.25) is 0 Å². The zero-order valence-electron chi connectivity index (χ0n) is 30.4. The Balaban J connectivity index is 1.13. The standard InChI is InChI=1S/C45H27N3O2/c1-4-12-28(13-5-1)36-25-33(27-41-42(36)35-18-10-11-19-38(35)50-41)31-21-23-39-37(24-31)34-22-20-32(26-40(34)49-39)45-47-43(29-14-6-2-7-15-29)46-44(48-45)30-16-8-3-9-17-30/h1-27H/i10D,11D,18D,25D. The van der Waals surface area contributed by atoms with E-state index in [9.17, 15) is 1.37 Å². The van der Waals surface area contributed by atoms with Gasteiger partial charge in [0.1, 0.15) is 22.3 Å². The van der Waals surface area contributed by atoms with Crippen LogP contribution in [0.15, 0.2) is 173 Å². The van der Waals surface area contributed by atoms with Gasteiger partial charge in [0, 0.05) is 38.2 Å². The number of aromatic nitrogens is 3. The largest absolute Gasteiger partial charge is 0.456 e. The summed E-state index contributed by atoms with van der Waals surface area (Å²) in [6.45, 7) is 0. The first kappa shape index (κ1) is 24.3. The second kappa shape index (κ2) is 11.4. The van der Waals surface area contributed by atoms with Gasteiger partial charge in [-0.25, -0.2) is 15.0 Å². The lowest BCUT2D eigenvalue weighted by molar-refractivity contribution is 0.669. The van der Waals surface area contributed by atoms with Crippen LogP contribution in [0.5, 0.6) is 0 Å². The Morgan fingerprint density at radius 2 is 0.980 bits per heavy atom. The van der Waals surface area contributed by atoms with Crippen LogP contribution in [-0.4, -0.2) is 15.0 Å². The van der Waals surface area contributed by atoms with Crippen molar-refractivity contribution in [3.63, 3.8) is 0 Å². The van der Waals surface area contributed by atoms with Gasteiger partial charge in [0.25, 0.3) is 0 Å². The molecule has 5 heteroatoms. The van der Waals surface area contributed by atoms with Crippen molar-refractivity contribution >= 4 is 43.9 Å². The quantitative estimate of drug-likeness (QED) is 0.186. The van der Waals surface area contributed by atoms with Crippen LogP contribution in [0.25, 0.3) is 100 Å². The molecule has 3 heterocycles. The third-order valence-corrected chi connectivity index (χ3v) is 9.01. The zero-order chi connectivity index (χ0) is 36.5. The van der Waals surface area contributed by atoms with Crippen LogP contribution in [-0.2, 0) is 0 Å². The van der Waals surface area contributed by atoms with Crippen LogP contribution >= 0.6 is 0 Å². The molecule has 50 heavy (non-hydrogen) atoms. The third kappa shape index (κ3) is 4.75. The Bertz CT molecular complexity index is 3030. The molecule has 5 nitrogen and oxygen atoms in total. The summed E-state index contributed by atoms with van der Waals surface area (Å²) in [7, 11) is 0. The number of benzene rings is 7. The molecule has 0 atom stereocenters. The topological polar surface area (TPSA) is 65.0 Å². The minimum absolute atomic E-state index is 0.0802. The van der Waals surface area contributed by atoms with Crippen LogP contribution in [0.3, 0.4) is 0 Å². The van der Waals surface area contributed by atoms with Gasteiger partial charge in [-0.2, -0.15) is 0 Å². The molecule has 0 aliphatic heterocycles. The molecule has 10 aromatic rings.